The molecule has 1 aromatic carbocycles. The first-order chi connectivity index (χ1) is 7.63. The summed E-state index contributed by atoms with van der Waals surface area (Å²) in [7, 11) is 0. The minimum Gasteiger partial charge on any atom is -0.310 e. The van der Waals surface area contributed by atoms with E-state index in [4.69, 9.17) is 0 Å². The van der Waals surface area contributed by atoms with Gasteiger partial charge in [-0.05, 0) is 38.3 Å². The highest BCUT2D eigenvalue weighted by molar-refractivity contribution is 5.30. The Kier molecular flexibility index (Phi) is 5.54. The Bertz CT molecular complexity index is 317. The van der Waals surface area contributed by atoms with E-state index in [-0.39, 0.29) is 0 Å². The second kappa shape index (κ2) is 6.70. The first-order valence-electron chi connectivity index (χ1n) is 6.43. The summed E-state index contributed by atoms with van der Waals surface area (Å²) in [4.78, 5) is 0. The second-order valence-electron chi connectivity index (χ2n) is 4.85. The Balaban J connectivity index is 2.44. The van der Waals surface area contributed by atoms with Gasteiger partial charge in [0.25, 0.3) is 0 Å². The Labute approximate surface area is 100 Å². The number of aryl methyl sites for hydroxylation is 2. The molecule has 1 unspecified atom stereocenters. The quantitative estimate of drug-likeness (QED) is 0.763. The third kappa shape index (κ3) is 4.36. The minimum atomic E-state index is 0.625. The summed E-state index contributed by atoms with van der Waals surface area (Å²) in [6.45, 7) is 9.87. The molecule has 16 heavy (non-hydrogen) atoms. The first kappa shape index (κ1) is 13.2. The first-order valence-corrected chi connectivity index (χ1v) is 6.43. The molecule has 0 fully saturated rings. The van der Waals surface area contributed by atoms with Crippen molar-refractivity contribution in [3.05, 3.63) is 34.9 Å². The Morgan fingerprint density at radius 2 is 2.00 bits per heavy atom. The van der Waals surface area contributed by atoms with Crippen LogP contribution in [0, 0.1) is 13.8 Å². The van der Waals surface area contributed by atoms with Gasteiger partial charge in [0, 0.05) is 12.6 Å². The van der Waals surface area contributed by atoms with Crippen LogP contribution in [0.1, 0.15) is 49.8 Å². The minimum absolute atomic E-state index is 0.625. The number of nitrogens with one attached hydrogen (secondary N) is 1. The molecule has 0 radical (unpaired) electrons. The molecule has 0 saturated heterocycles. The molecule has 1 nitrogen and oxygen atoms in total. The second-order valence-corrected chi connectivity index (χ2v) is 4.85. The molecule has 0 aliphatic carbocycles. The van der Waals surface area contributed by atoms with Crippen molar-refractivity contribution in [1.82, 2.24) is 5.32 Å². The summed E-state index contributed by atoms with van der Waals surface area (Å²) in [6, 6.07) is 7.30. The standard InChI is InChI=1S/C15H25N/c1-5-6-7-14(4)16-11-15-10-12(2)8-9-13(15)3/h8-10,14,16H,5-7,11H2,1-4H3. The average Bonchev–Trinajstić information content (AvgIpc) is 2.27. The summed E-state index contributed by atoms with van der Waals surface area (Å²) in [5.41, 5.74) is 4.17. The molecule has 0 saturated carbocycles. The van der Waals surface area contributed by atoms with Crippen molar-refractivity contribution in [1.29, 1.82) is 0 Å². The summed E-state index contributed by atoms with van der Waals surface area (Å²) < 4.78 is 0. The Morgan fingerprint density at radius 3 is 2.69 bits per heavy atom. The maximum atomic E-state index is 3.60. The number of unbranched alkanes of at least 4 members (excludes halogenated alkanes) is 1. The van der Waals surface area contributed by atoms with E-state index in [9.17, 15) is 0 Å². The van der Waals surface area contributed by atoms with Crippen molar-refractivity contribution in [2.45, 2.75) is 59.5 Å². The van der Waals surface area contributed by atoms with Gasteiger partial charge in [-0.1, -0.05) is 43.5 Å². The van der Waals surface area contributed by atoms with Gasteiger partial charge in [0.05, 0.1) is 0 Å². The van der Waals surface area contributed by atoms with E-state index in [0.29, 0.717) is 6.04 Å². The highest BCUT2D eigenvalue weighted by Crippen LogP contribution is 2.11. The Morgan fingerprint density at radius 1 is 1.25 bits per heavy atom. The summed E-state index contributed by atoms with van der Waals surface area (Å²) >= 11 is 0. The van der Waals surface area contributed by atoms with Gasteiger partial charge in [-0.25, -0.2) is 0 Å². The smallest absolute Gasteiger partial charge is 0.0210 e. The molecule has 1 N–H and O–H groups in total. The fourth-order valence-corrected chi connectivity index (χ4v) is 1.89. The maximum absolute atomic E-state index is 3.60. The van der Waals surface area contributed by atoms with Crippen LogP contribution in [0.2, 0.25) is 0 Å². The van der Waals surface area contributed by atoms with Crippen LogP contribution >= 0.6 is 0 Å². The van der Waals surface area contributed by atoms with Crippen molar-refractivity contribution in [2.75, 3.05) is 0 Å². The zero-order valence-corrected chi connectivity index (χ0v) is 11.1. The van der Waals surface area contributed by atoms with E-state index in [1.165, 1.54) is 36.0 Å². The summed E-state index contributed by atoms with van der Waals surface area (Å²) in [6.07, 6.45) is 3.89. The van der Waals surface area contributed by atoms with E-state index in [2.05, 4.69) is 51.2 Å². The van der Waals surface area contributed by atoms with Crippen LogP contribution in [-0.2, 0) is 6.54 Å². The van der Waals surface area contributed by atoms with Crippen LogP contribution in [0.5, 0.6) is 0 Å². The molecular weight excluding hydrogens is 194 g/mol. The highest BCUT2D eigenvalue weighted by Gasteiger charge is 2.02. The van der Waals surface area contributed by atoms with Gasteiger partial charge in [0.15, 0.2) is 0 Å². The van der Waals surface area contributed by atoms with Crippen LogP contribution in [0.3, 0.4) is 0 Å². The normalized spacial score (nSPS) is 12.8. The van der Waals surface area contributed by atoms with Crippen molar-refractivity contribution in [2.24, 2.45) is 0 Å². The molecule has 0 amide bonds. The summed E-state index contributed by atoms with van der Waals surface area (Å²) in [5.74, 6) is 0. The van der Waals surface area contributed by atoms with Gasteiger partial charge in [0.1, 0.15) is 0 Å². The van der Waals surface area contributed by atoms with Gasteiger partial charge in [-0.15, -0.1) is 0 Å². The predicted octanol–water partition coefficient (Wildman–Crippen LogP) is 3.97. The van der Waals surface area contributed by atoms with Crippen molar-refractivity contribution < 1.29 is 0 Å². The Hall–Kier alpha value is -0.820. The molecule has 1 rings (SSSR count). The number of hydrogen-bond donors (Lipinski definition) is 1. The lowest BCUT2D eigenvalue weighted by molar-refractivity contribution is 0.494. The van der Waals surface area contributed by atoms with Crippen molar-refractivity contribution in [3.63, 3.8) is 0 Å². The SMILES string of the molecule is CCCCC(C)NCc1cc(C)ccc1C. The third-order valence-electron chi connectivity index (χ3n) is 3.14. The van der Waals surface area contributed by atoms with Gasteiger partial charge in [-0.3, -0.25) is 0 Å². The van der Waals surface area contributed by atoms with Crippen LogP contribution in [-0.4, -0.2) is 6.04 Å². The van der Waals surface area contributed by atoms with E-state index in [1.54, 1.807) is 0 Å². The third-order valence-corrected chi connectivity index (χ3v) is 3.14. The van der Waals surface area contributed by atoms with Crippen LogP contribution in [0.25, 0.3) is 0 Å². The molecule has 1 aromatic rings. The van der Waals surface area contributed by atoms with Gasteiger partial charge < -0.3 is 5.32 Å². The molecule has 0 spiro atoms. The fraction of sp³-hybridized carbons (Fsp3) is 0.600. The molecule has 0 bridgehead atoms. The van der Waals surface area contributed by atoms with Gasteiger partial charge >= 0.3 is 0 Å². The zero-order valence-electron chi connectivity index (χ0n) is 11.1. The lowest BCUT2D eigenvalue weighted by atomic mass is 10.0. The summed E-state index contributed by atoms with van der Waals surface area (Å²) in [5, 5.41) is 3.60. The molecular formula is C15H25N. The van der Waals surface area contributed by atoms with Gasteiger partial charge in [0.2, 0.25) is 0 Å². The lowest BCUT2D eigenvalue weighted by Crippen LogP contribution is -2.25. The lowest BCUT2D eigenvalue weighted by Gasteiger charge is -2.15. The predicted molar refractivity (Wildman–Crippen MR) is 71.7 cm³/mol. The molecule has 0 aromatic heterocycles. The van der Waals surface area contributed by atoms with Gasteiger partial charge in [-0.2, -0.15) is 0 Å². The van der Waals surface area contributed by atoms with Crippen molar-refractivity contribution >= 4 is 0 Å². The molecule has 0 aliphatic heterocycles. The van der Waals surface area contributed by atoms with E-state index >= 15 is 0 Å². The van der Waals surface area contributed by atoms with Crippen LogP contribution in [0.4, 0.5) is 0 Å². The number of benzene rings is 1. The molecule has 0 heterocycles. The largest absolute Gasteiger partial charge is 0.310 e. The van der Waals surface area contributed by atoms with E-state index in [1.807, 2.05) is 0 Å². The maximum Gasteiger partial charge on any atom is 0.0210 e. The van der Waals surface area contributed by atoms with Crippen molar-refractivity contribution in [3.8, 4) is 0 Å². The van der Waals surface area contributed by atoms with Crippen LogP contribution < -0.4 is 5.32 Å². The average molecular weight is 219 g/mol. The topological polar surface area (TPSA) is 12.0 Å². The highest BCUT2D eigenvalue weighted by atomic mass is 14.9. The molecule has 1 atom stereocenters. The molecule has 0 aliphatic rings. The van der Waals surface area contributed by atoms with Crippen LogP contribution in [0.15, 0.2) is 18.2 Å². The number of hydrogen-bond acceptors (Lipinski definition) is 1. The van der Waals surface area contributed by atoms with E-state index < -0.39 is 0 Å². The fourth-order valence-electron chi connectivity index (χ4n) is 1.89. The van der Waals surface area contributed by atoms with E-state index in [0.717, 1.165) is 6.54 Å². The number of rotatable bonds is 6. The zero-order chi connectivity index (χ0) is 12.0. The molecule has 1 heteroatoms. The monoisotopic (exact) mass is 219 g/mol. The molecule has 90 valence electrons.